The minimum absolute atomic E-state index is 0.103. The summed E-state index contributed by atoms with van der Waals surface area (Å²) in [5.74, 6) is -0.210. The quantitative estimate of drug-likeness (QED) is 0.711. The molecule has 18 heavy (non-hydrogen) atoms. The molecule has 3 N–H and O–H groups in total. The maximum absolute atomic E-state index is 12.3. The number of nitrogens with two attached hydrogens (primary N) is 1. The highest BCUT2D eigenvalue weighted by Gasteiger charge is 2.21. The lowest BCUT2D eigenvalue weighted by atomic mass is 10.1. The van der Waals surface area contributed by atoms with Gasteiger partial charge in [-0.3, -0.25) is 9.59 Å². The molecule has 1 aromatic rings. The second kappa shape index (κ2) is 5.08. The van der Waals surface area contributed by atoms with Crippen molar-refractivity contribution in [1.82, 2.24) is 10.2 Å². The molecule has 5 nitrogen and oxygen atoms in total. The third kappa shape index (κ3) is 2.61. The van der Waals surface area contributed by atoms with E-state index < -0.39 is 0 Å². The number of carbonyl (C=O) groups is 2. The molecular formula is C13H17N3O2. The number of aryl methyl sites for hydroxylation is 1. The molecule has 1 aromatic carbocycles. The smallest absolute Gasteiger partial charge is 0.254 e. The SMILES string of the molecule is Cc1cc(N)ccc1C(=O)N1CCCNC(=O)C1. The summed E-state index contributed by atoms with van der Waals surface area (Å²) in [7, 11) is 0. The second-order valence-electron chi connectivity index (χ2n) is 4.50. The van der Waals surface area contributed by atoms with Gasteiger partial charge in [-0.2, -0.15) is 0 Å². The van der Waals surface area contributed by atoms with Gasteiger partial charge in [0.05, 0.1) is 6.54 Å². The van der Waals surface area contributed by atoms with E-state index in [1.807, 2.05) is 6.92 Å². The zero-order valence-electron chi connectivity index (χ0n) is 10.4. The average molecular weight is 247 g/mol. The third-order valence-corrected chi connectivity index (χ3v) is 3.03. The molecule has 1 aliphatic rings. The van der Waals surface area contributed by atoms with Gasteiger partial charge in [0, 0.05) is 24.3 Å². The average Bonchev–Trinajstić information content (AvgIpc) is 2.53. The number of carbonyl (C=O) groups excluding carboxylic acids is 2. The maximum atomic E-state index is 12.3. The van der Waals surface area contributed by atoms with Crippen molar-refractivity contribution >= 4 is 17.5 Å². The Morgan fingerprint density at radius 1 is 1.44 bits per heavy atom. The van der Waals surface area contributed by atoms with E-state index in [1.54, 1.807) is 23.1 Å². The Hall–Kier alpha value is -2.04. The van der Waals surface area contributed by atoms with Crippen LogP contribution in [0.3, 0.4) is 0 Å². The van der Waals surface area contributed by atoms with Crippen LogP contribution >= 0.6 is 0 Å². The van der Waals surface area contributed by atoms with Crippen LogP contribution in [-0.2, 0) is 4.79 Å². The lowest BCUT2D eigenvalue weighted by Crippen LogP contribution is -2.37. The molecule has 0 bridgehead atoms. The first-order chi connectivity index (χ1) is 8.58. The van der Waals surface area contributed by atoms with Crippen LogP contribution in [0.2, 0.25) is 0 Å². The fourth-order valence-corrected chi connectivity index (χ4v) is 2.08. The molecule has 0 saturated carbocycles. The monoisotopic (exact) mass is 247 g/mol. The van der Waals surface area contributed by atoms with Crippen molar-refractivity contribution < 1.29 is 9.59 Å². The van der Waals surface area contributed by atoms with Crippen LogP contribution in [0.1, 0.15) is 22.3 Å². The molecule has 0 unspecified atom stereocenters. The number of hydrogen-bond acceptors (Lipinski definition) is 3. The van der Waals surface area contributed by atoms with Gasteiger partial charge in [-0.1, -0.05) is 0 Å². The number of anilines is 1. The summed E-state index contributed by atoms with van der Waals surface area (Å²) in [6.45, 7) is 3.20. The first-order valence-electron chi connectivity index (χ1n) is 6.00. The summed E-state index contributed by atoms with van der Waals surface area (Å²) in [5, 5.41) is 2.75. The molecule has 5 heteroatoms. The van der Waals surface area contributed by atoms with Gasteiger partial charge in [0.1, 0.15) is 0 Å². The van der Waals surface area contributed by atoms with E-state index in [9.17, 15) is 9.59 Å². The van der Waals surface area contributed by atoms with E-state index in [4.69, 9.17) is 5.73 Å². The zero-order valence-corrected chi connectivity index (χ0v) is 10.4. The number of amides is 2. The standard InChI is InChI=1S/C13H17N3O2/c1-9-7-10(14)3-4-11(9)13(18)16-6-2-5-15-12(17)8-16/h3-4,7H,2,5-6,8,14H2,1H3,(H,15,17). The van der Waals surface area contributed by atoms with Crippen molar-refractivity contribution in [1.29, 1.82) is 0 Å². The number of hydrogen-bond donors (Lipinski definition) is 2. The number of rotatable bonds is 1. The highest BCUT2D eigenvalue weighted by Crippen LogP contribution is 2.15. The van der Waals surface area contributed by atoms with Crippen molar-refractivity contribution in [3.05, 3.63) is 29.3 Å². The lowest BCUT2D eigenvalue weighted by molar-refractivity contribution is -0.121. The summed E-state index contributed by atoms with van der Waals surface area (Å²) in [4.78, 5) is 25.4. The number of nitrogens with one attached hydrogen (secondary N) is 1. The molecule has 1 aliphatic heterocycles. The largest absolute Gasteiger partial charge is 0.399 e. The van der Waals surface area contributed by atoms with Gasteiger partial charge < -0.3 is 16.0 Å². The Kier molecular flexibility index (Phi) is 3.50. The first-order valence-corrected chi connectivity index (χ1v) is 6.00. The molecule has 2 rings (SSSR count). The van der Waals surface area contributed by atoms with Gasteiger partial charge in [-0.15, -0.1) is 0 Å². The molecule has 0 atom stereocenters. The number of nitrogens with zero attached hydrogens (tertiary/aromatic N) is 1. The van der Waals surface area contributed by atoms with Crippen LogP contribution < -0.4 is 11.1 Å². The van der Waals surface area contributed by atoms with E-state index >= 15 is 0 Å². The topological polar surface area (TPSA) is 75.4 Å². The van der Waals surface area contributed by atoms with Crippen molar-refractivity contribution in [3.63, 3.8) is 0 Å². The summed E-state index contributed by atoms with van der Waals surface area (Å²) < 4.78 is 0. The van der Waals surface area contributed by atoms with Gasteiger partial charge in [0.25, 0.3) is 5.91 Å². The predicted molar refractivity (Wildman–Crippen MR) is 69.1 cm³/mol. The summed E-state index contributed by atoms with van der Waals surface area (Å²) in [5.41, 5.74) is 7.75. The van der Waals surface area contributed by atoms with Crippen LogP contribution in [0.5, 0.6) is 0 Å². The van der Waals surface area contributed by atoms with Gasteiger partial charge in [0.2, 0.25) is 5.91 Å². The van der Waals surface area contributed by atoms with Crippen molar-refractivity contribution in [2.24, 2.45) is 0 Å². The minimum atomic E-state index is -0.107. The van der Waals surface area contributed by atoms with Crippen molar-refractivity contribution in [3.8, 4) is 0 Å². The van der Waals surface area contributed by atoms with E-state index in [1.165, 1.54) is 0 Å². The fraction of sp³-hybridized carbons (Fsp3) is 0.385. The lowest BCUT2D eigenvalue weighted by Gasteiger charge is -2.20. The van der Waals surface area contributed by atoms with Crippen LogP contribution in [0, 0.1) is 6.92 Å². The van der Waals surface area contributed by atoms with Crippen LogP contribution in [-0.4, -0.2) is 36.3 Å². The van der Waals surface area contributed by atoms with E-state index in [-0.39, 0.29) is 18.4 Å². The number of nitrogen functional groups attached to an aromatic ring is 1. The highest BCUT2D eigenvalue weighted by molar-refractivity contribution is 5.98. The summed E-state index contributed by atoms with van der Waals surface area (Å²) >= 11 is 0. The van der Waals surface area contributed by atoms with Gasteiger partial charge in [-0.05, 0) is 37.1 Å². The van der Waals surface area contributed by atoms with E-state index in [2.05, 4.69) is 5.32 Å². The van der Waals surface area contributed by atoms with Crippen LogP contribution in [0.25, 0.3) is 0 Å². The Morgan fingerprint density at radius 3 is 2.94 bits per heavy atom. The van der Waals surface area contributed by atoms with Crippen LogP contribution in [0.4, 0.5) is 5.69 Å². The fourth-order valence-electron chi connectivity index (χ4n) is 2.08. The summed E-state index contributed by atoms with van der Waals surface area (Å²) in [6, 6.07) is 5.19. The molecular weight excluding hydrogens is 230 g/mol. The molecule has 1 fully saturated rings. The molecule has 0 aliphatic carbocycles. The summed E-state index contributed by atoms with van der Waals surface area (Å²) in [6.07, 6.45) is 0.783. The molecule has 1 heterocycles. The molecule has 2 amide bonds. The van der Waals surface area contributed by atoms with Gasteiger partial charge in [-0.25, -0.2) is 0 Å². The Balaban J connectivity index is 2.21. The first kappa shape index (κ1) is 12.4. The predicted octanol–water partition coefficient (Wildman–Crippen LogP) is 0.539. The maximum Gasteiger partial charge on any atom is 0.254 e. The van der Waals surface area contributed by atoms with Gasteiger partial charge >= 0.3 is 0 Å². The Morgan fingerprint density at radius 2 is 2.22 bits per heavy atom. The van der Waals surface area contributed by atoms with Crippen molar-refractivity contribution in [2.75, 3.05) is 25.4 Å². The Labute approximate surface area is 106 Å². The number of benzene rings is 1. The second-order valence-corrected chi connectivity index (χ2v) is 4.50. The Bertz CT molecular complexity index is 485. The van der Waals surface area contributed by atoms with E-state index in [0.717, 1.165) is 12.0 Å². The van der Waals surface area contributed by atoms with Crippen LogP contribution in [0.15, 0.2) is 18.2 Å². The molecule has 96 valence electrons. The normalized spacial score (nSPS) is 16.1. The third-order valence-electron chi connectivity index (χ3n) is 3.03. The molecule has 0 radical (unpaired) electrons. The molecule has 0 spiro atoms. The molecule has 0 aromatic heterocycles. The highest BCUT2D eigenvalue weighted by atomic mass is 16.2. The van der Waals surface area contributed by atoms with E-state index in [0.29, 0.717) is 24.3 Å². The zero-order chi connectivity index (χ0) is 13.1. The molecule has 1 saturated heterocycles. The minimum Gasteiger partial charge on any atom is -0.399 e. The van der Waals surface area contributed by atoms with Gasteiger partial charge in [0.15, 0.2) is 0 Å². The van der Waals surface area contributed by atoms with Crippen molar-refractivity contribution in [2.45, 2.75) is 13.3 Å².